The molecule has 8 aromatic carbocycles. The number of benzene rings is 8. The lowest BCUT2D eigenvalue weighted by atomic mass is 9.99. The molecule has 12 aromatic rings. The minimum absolute atomic E-state index is 0.489. The van der Waals surface area contributed by atoms with Crippen LogP contribution in [0, 0.1) is 0 Å². The number of rotatable bonds is 7. The molecule has 0 N–H and O–H groups in total. The van der Waals surface area contributed by atoms with Crippen molar-refractivity contribution in [2.75, 3.05) is 0 Å². The third-order valence-corrected chi connectivity index (χ3v) is 11.3. The van der Waals surface area contributed by atoms with E-state index in [1.165, 1.54) is 0 Å². The van der Waals surface area contributed by atoms with E-state index in [0.29, 0.717) is 46.2 Å². The highest BCUT2D eigenvalue weighted by atomic mass is 16.3. The van der Waals surface area contributed by atoms with E-state index in [4.69, 9.17) is 34.3 Å². The summed E-state index contributed by atoms with van der Waals surface area (Å²) in [7, 11) is 0. The molecule has 4 aromatic heterocycles. The van der Waals surface area contributed by atoms with Gasteiger partial charge >= 0.3 is 0 Å². The summed E-state index contributed by atoms with van der Waals surface area (Å²) >= 11 is 0. The van der Waals surface area contributed by atoms with Crippen molar-refractivity contribution in [1.82, 2.24) is 34.5 Å². The van der Waals surface area contributed by atoms with Crippen LogP contribution in [0.1, 0.15) is 0 Å². The highest BCUT2D eigenvalue weighted by Crippen LogP contribution is 2.42. The van der Waals surface area contributed by atoms with Crippen molar-refractivity contribution in [2.24, 2.45) is 0 Å². The Labute approximate surface area is 355 Å². The van der Waals surface area contributed by atoms with Gasteiger partial charge in [0, 0.05) is 43.8 Å². The van der Waals surface area contributed by atoms with E-state index >= 15 is 0 Å². The first-order valence-corrected chi connectivity index (χ1v) is 20.5. The van der Waals surface area contributed by atoms with Crippen LogP contribution in [0.4, 0.5) is 0 Å². The largest absolute Gasteiger partial charge is 0.455 e. The Morgan fingerprint density at radius 2 is 0.758 bits per heavy atom. The second kappa shape index (κ2) is 14.6. The van der Waals surface area contributed by atoms with Gasteiger partial charge < -0.3 is 4.42 Å². The Morgan fingerprint density at radius 1 is 0.306 bits per heavy atom. The van der Waals surface area contributed by atoms with E-state index in [2.05, 4.69) is 77.4 Å². The molecule has 290 valence electrons. The van der Waals surface area contributed by atoms with Crippen LogP contribution in [0.25, 0.3) is 118 Å². The Morgan fingerprint density at radius 3 is 1.42 bits per heavy atom. The lowest BCUT2D eigenvalue weighted by Gasteiger charge is -2.11. The van der Waals surface area contributed by atoms with Gasteiger partial charge in [0.15, 0.2) is 29.1 Å². The van der Waals surface area contributed by atoms with E-state index < -0.39 is 0 Å². The van der Waals surface area contributed by atoms with E-state index in [9.17, 15) is 0 Å². The molecule has 0 atom stereocenters. The highest BCUT2D eigenvalue weighted by Gasteiger charge is 2.23. The second-order valence-electron chi connectivity index (χ2n) is 15.1. The fourth-order valence-electron chi connectivity index (χ4n) is 8.53. The number of nitrogens with zero attached hydrogens (tertiary/aromatic N) is 7. The van der Waals surface area contributed by atoms with Crippen molar-refractivity contribution in [3.63, 3.8) is 0 Å². The molecule has 4 heterocycles. The van der Waals surface area contributed by atoms with Crippen LogP contribution >= 0.6 is 0 Å². The van der Waals surface area contributed by atoms with Crippen LogP contribution in [0.15, 0.2) is 205 Å². The topological polar surface area (TPSA) is 95.4 Å². The molecule has 8 heteroatoms. The zero-order valence-electron chi connectivity index (χ0n) is 33.1. The maximum Gasteiger partial charge on any atom is 0.238 e. The van der Waals surface area contributed by atoms with Crippen molar-refractivity contribution < 1.29 is 4.42 Å². The molecule has 0 bridgehead atoms. The van der Waals surface area contributed by atoms with Gasteiger partial charge in [-0.15, -0.1) is 0 Å². The molecule has 0 aliphatic rings. The molecule has 0 saturated carbocycles. The average Bonchev–Trinajstić information content (AvgIpc) is 3.91. The Hall–Kier alpha value is -8.62. The molecule has 0 aliphatic heterocycles. The third-order valence-electron chi connectivity index (χ3n) is 11.3. The summed E-state index contributed by atoms with van der Waals surface area (Å²) < 4.78 is 8.99. The van der Waals surface area contributed by atoms with Crippen molar-refractivity contribution in [3.05, 3.63) is 200 Å². The van der Waals surface area contributed by atoms with Crippen molar-refractivity contribution in [3.8, 4) is 74.0 Å². The molecular weight excluding hydrogens is 763 g/mol. The maximum absolute atomic E-state index is 6.83. The molecule has 0 unspecified atom stereocenters. The molecule has 12 rings (SSSR count). The number of hydrogen-bond acceptors (Lipinski definition) is 7. The lowest BCUT2D eigenvalue weighted by Crippen LogP contribution is -2.06. The fourth-order valence-corrected chi connectivity index (χ4v) is 8.53. The van der Waals surface area contributed by atoms with Crippen LogP contribution in [0.5, 0.6) is 0 Å². The monoisotopic (exact) mass is 795 g/mol. The van der Waals surface area contributed by atoms with Gasteiger partial charge in [-0.2, -0.15) is 9.97 Å². The minimum atomic E-state index is 0.489. The molecule has 0 spiro atoms. The van der Waals surface area contributed by atoms with E-state index in [0.717, 1.165) is 71.5 Å². The van der Waals surface area contributed by atoms with Crippen LogP contribution in [0.2, 0.25) is 0 Å². The molecule has 0 radical (unpaired) electrons. The van der Waals surface area contributed by atoms with Gasteiger partial charge in [0.1, 0.15) is 11.2 Å². The van der Waals surface area contributed by atoms with Gasteiger partial charge in [-0.3, -0.25) is 4.57 Å². The Balaban J connectivity index is 1.09. The molecule has 0 aliphatic carbocycles. The highest BCUT2D eigenvalue weighted by molar-refractivity contribution is 6.16. The first-order chi connectivity index (χ1) is 30.7. The summed E-state index contributed by atoms with van der Waals surface area (Å²) in [4.78, 5) is 30.8. The van der Waals surface area contributed by atoms with Gasteiger partial charge in [0.05, 0.1) is 16.6 Å². The quantitative estimate of drug-likeness (QED) is 0.158. The summed E-state index contributed by atoms with van der Waals surface area (Å²) in [5, 5.41) is 4.03. The van der Waals surface area contributed by atoms with Crippen LogP contribution < -0.4 is 0 Å². The van der Waals surface area contributed by atoms with Crippen molar-refractivity contribution in [1.29, 1.82) is 0 Å². The predicted octanol–water partition coefficient (Wildman–Crippen LogP) is 13.1. The molecule has 0 saturated heterocycles. The summed E-state index contributed by atoms with van der Waals surface area (Å²) in [6.07, 6.45) is 0. The van der Waals surface area contributed by atoms with Gasteiger partial charge in [-0.05, 0) is 35.4 Å². The van der Waals surface area contributed by atoms with E-state index in [-0.39, 0.29) is 0 Å². The maximum atomic E-state index is 6.83. The van der Waals surface area contributed by atoms with Crippen LogP contribution in [-0.2, 0) is 0 Å². The number of fused-ring (bicyclic) bond motifs is 6. The zero-order chi connectivity index (χ0) is 41.0. The standard InChI is InChI=1S/C54H33N7O/c1-5-18-34(19-6-1)38-27-16-32-44-46(38)39-26-13-14-31-43(39)61(44)54-59-51(37-24-11-4-12-25-37)58-53(60-54)42-30-15-28-40-47-41(29-17-33-45(47)62-48(40)42)52-56-49(35-20-7-2-8-21-35)55-50(57-52)36-22-9-3-10-23-36/h1-33H. The molecular formula is C54H33N7O. The summed E-state index contributed by atoms with van der Waals surface area (Å²) in [6, 6.07) is 67.6. The van der Waals surface area contributed by atoms with Gasteiger partial charge in [0.2, 0.25) is 5.95 Å². The second-order valence-corrected chi connectivity index (χ2v) is 15.1. The van der Waals surface area contributed by atoms with Crippen molar-refractivity contribution in [2.45, 2.75) is 0 Å². The van der Waals surface area contributed by atoms with Gasteiger partial charge in [-0.1, -0.05) is 176 Å². The fraction of sp³-hybridized carbons (Fsp3) is 0. The lowest BCUT2D eigenvalue weighted by molar-refractivity contribution is 0.669. The molecule has 62 heavy (non-hydrogen) atoms. The van der Waals surface area contributed by atoms with Gasteiger partial charge in [-0.25, -0.2) is 19.9 Å². The average molecular weight is 796 g/mol. The molecule has 8 nitrogen and oxygen atoms in total. The molecule has 0 fully saturated rings. The number of furan rings is 1. The smallest absolute Gasteiger partial charge is 0.238 e. The van der Waals surface area contributed by atoms with Crippen molar-refractivity contribution >= 4 is 43.7 Å². The summed E-state index contributed by atoms with van der Waals surface area (Å²) in [5.41, 5.74) is 9.87. The van der Waals surface area contributed by atoms with Crippen LogP contribution in [0.3, 0.4) is 0 Å². The normalized spacial score (nSPS) is 11.5. The number of aromatic nitrogens is 7. The van der Waals surface area contributed by atoms with Crippen LogP contribution in [-0.4, -0.2) is 34.5 Å². The van der Waals surface area contributed by atoms with E-state index in [1.54, 1.807) is 0 Å². The molecule has 0 amide bonds. The first kappa shape index (κ1) is 35.3. The third kappa shape index (κ3) is 5.92. The predicted molar refractivity (Wildman–Crippen MR) is 247 cm³/mol. The van der Waals surface area contributed by atoms with Gasteiger partial charge in [0.25, 0.3) is 0 Å². The Kier molecular flexibility index (Phi) is 8.31. The minimum Gasteiger partial charge on any atom is -0.455 e. The summed E-state index contributed by atoms with van der Waals surface area (Å²) in [5.74, 6) is 3.27. The number of para-hydroxylation sites is 2. The Bertz CT molecular complexity index is 3570. The van der Waals surface area contributed by atoms with E-state index in [1.807, 2.05) is 127 Å². The zero-order valence-corrected chi connectivity index (χ0v) is 33.1. The SMILES string of the molecule is c1ccc(-c2nc(-c3ccccc3)nc(-c3cccc4oc5c(-c6nc(-c7ccccc7)nc(-n7c8ccccc8c8c(-c9ccccc9)cccc87)n6)cccc5c34)n2)cc1. The first-order valence-electron chi connectivity index (χ1n) is 20.5. The number of hydrogen-bond donors (Lipinski definition) is 0. The summed E-state index contributed by atoms with van der Waals surface area (Å²) in [6.45, 7) is 0.